The highest BCUT2D eigenvalue weighted by Crippen LogP contribution is 2.11. The Morgan fingerprint density at radius 1 is 1.56 bits per heavy atom. The van der Waals surface area contributed by atoms with Gasteiger partial charge in [0.05, 0.1) is 6.04 Å². The number of aryl methyl sites for hydroxylation is 1. The van der Waals surface area contributed by atoms with Crippen LogP contribution >= 0.6 is 0 Å². The van der Waals surface area contributed by atoms with Gasteiger partial charge in [-0.05, 0) is 19.4 Å². The molecule has 1 N–H and O–H groups in total. The number of aromatic nitrogens is 2. The predicted octanol–water partition coefficient (Wildman–Crippen LogP) is 0.521. The van der Waals surface area contributed by atoms with Gasteiger partial charge in [0.25, 0.3) is 0 Å². The maximum atomic E-state index is 12.0. The summed E-state index contributed by atoms with van der Waals surface area (Å²) in [6.07, 6.45) is 2.60. The number of nitrogens with zero attached hydrogens (tertiary/aromatic N) is 3. The van der Waals surface area contributed by atoms with Gasteiger partial charge in [-0.1, -0.05) is 12.1 Å². The number of likely N-dealkylation sites (tertiary alicyclic amines) is 1. The van der Waals surface area contributed by atoms with E-state index in [2.05, 4.69) is 22.4 Å². The molecule has 0 radical (unpaired) electrons. The Bertz CT molecular complexity index is 405. The maximum absolute atomic E-state index is 12.0. The third-order valence-corrected chi connectivity index (χ3v) is 3.11. The van der Waals surface area contributed by atoms with Gasteiger partial charge < -0.3 is 14.7 Å². The van der Waals surface area contributed by atoms with Gasteiger partial charge in [-0.15, -0.1) is 0 Å². The number of hydrogen-bond acceptors (Lipinski definition) is 5. The molecule has 1 saturated heterocycles. The van der Waals surface area contributed by atoms with Crippen molar-refractivity contribution in [2.45, 2.75) is 39.2 Å². The molecule has 2 heterocycles. The van der Waals surface area contributed by atoms with Crippen LogP contribution < -0.4 is 5.32 Å². The van der Waals surface area contributed by atoms with Gasteiger partial charge >= 0.3 is 0 Å². The molecule has 2 rings (SSSR count). The monoisotopic (exact) mass is 252 g/mol. The molecule has 18 heavy (non-hydrogen) atoms. The normalized spacial score (nSPS) is 19.8. The summed E-state index contributed by atoms with van der Waals surface area (Å²) in [6, 6.07) is -0.00282. The van der Waals surface area contributed by atoms with Crippen LogP contribution in [0, 0.1) is 6.92 Å². The first-order valence-electron chi connectivity index (χ1n) is 6.52. The molecule has 1 fully saturated rings. The largest absolute Gasteiger partial charge is 0.341 e. The van der Waals surface area contributed by atoms with Crippen LogP contribution in [0.5, 0.6) is 0 Å². The third kappa shape index (κ3) is 3.07. The second-order valence-corrected chi connectivity index (χ2v) is 4.60. The number of amides is 1. The zero-order valence-corrected chi connectivity index (χ0v) is 11.0. The molecule has 0 bridgehead atoms. The minimum atomic E-state index is -0.00282. The van der Waals surface area contributed by atoms with Gasteiger partial charge in [-0.3, -0.25) is 4.79 Å². The van der Waals surface area contributed by atoms with Crippen molar-refractivity contribution in [3.63, 3.8) is 0 Å². The molecule has 1 unspecified atom stereocenters. The van der Waals surface area contributed by atoms with Crippen molar-refractivity contribution < 1.29 is 9.32 Å². The van der Waals surface area contributed by atoms with Crippen molar-refractivity contribution in [3.05, 3.63) is 11.7 Å². The van der Waals surface area contributed by atoms with E-state index in [0.717, 1.165) is 25.9 Å². The average molecular weight is 252 g/mol. The zero-order chi connectivity index (χ0) is 13.0. The van der Waals surface area contributed by atoms with Crippen LogP contribution in [0.25, 0.3) is 0 Å². The molecule has 1 atom stereocenters. The molecular formula is C12H20N4O2. The zero-order valence-electron chi connectivity index (χ0n) is 11.0. The first-order valence-corrected chi connectivity index (χ1v) is 6.52. The maximum Gasteiger partial charge on any atom is 0.239 e. The SMILES string of the molecule is CCCNC1CCN(CCc2noc(C)n2)C1=O. The highest BCUT2D eigenvalue weighted by atomic mass is 16.5. The molecule has 6 nitrogen and oxygen atoms in total. The fraction of sp³-hybridized carbons (Fsp3) is 0.750. The van der Waals surface area contributed by atoms with E-state index in [4.69, 9.17) is 4.52 Å². The third-order valence-electron chi connectivity index (χ3n) is 3.11. The molecule has 1 aliphatic rings. The lowest BCUT2D eigenvalue weighted by Gasteiger charge is -2.15. The van der Waals surface area contributed by atoms with Gasteiger partial charge in [-0.25, -0.2) is 0 Å². The van der Waals surface area contributed by atoms with Gasteiger partial charge in [0.15, 0.2) is 5.82 Å². The van der Waals surface area contributed by atoms with E-state index in [1.165, 1.54) is 0 Å². The molecule has 0 aliphatic carbocycles. The standard InChI is InChI=1S/C12H20N4O2/c1-3-6-13-10-4-7-16(12(10)17)8-5-11-14-9(2)18-15-11/h10,13H,3-8H2,1-2H3. The molecule has 1 aliphatic heterocycles. The van der Waals surface area contributed by atoms with Crippen LogP contribution in [-0.4, -0.2) is 46.6 Å². The quantitative estimate of drug-likeness (QED) is 0.799. The Kier molecular flexibility index (Phi) is 4.30. The molecule has 1 aromatic heterocycles. The van der Waals surface area contributed by atoms with Gasteiger partial charge in [0, 0.05) is 26.4 Å². The second kappa shape index (κ2) is 5.95. The minimum Gasteiger partial charge on any atom is -0.341 e. The van der Waals surface area contributed by atoms with Crippen LogP contribution in [0.3, 0.4) is 0 Å². The van der Waals surface area contributed by atoms with Crippen molar-refractivity contribution in [1.29, 1.82) is 0 Å². The van der Waals surface area contributed by atoms with Crippen LogP contribution in [0.15, 0.2) is 4.52 Å². The molecule has 0 saturated carbocycles. The van der Waals surface area contributed by atoms with E-state index < -0.39 is 0 Å². The Hall–Kier alpha value is -1.43. The summed E-state index contributed by atoms with van der Waals surface area (Å²) < 4.78 is 4.90. The molecule has 1 aromatic rings. The Labute approximate surface area is 107 Å². The van der Waals surface area contributed by atoms with Crippen LogP contribution in [0.1, 0.15) is 31.5 Å². The summed E-state index contributed by atoms with van der Waals surface area (Å²) in [5.41, 5.74) is 0. The lowest BCUT2D eigenvalue weighted by atomic mass is 10.2. The molecule has 0 spiro atoms. The van der Waals surface area contributed by atoms with Crippen molar-refractivity contribution in [1.82, 2.24) is 20.4 Å². The fourth-order valence-corrected chi connectivity index (χ4v) is 2.15. The summed E-state index contributed by atoms with van der Waals surface area (Å²) in [6.45, 7) is 6.25. The fourth-order valence-electron chi connectivity index (χ4n) is 2.15. The van der Waals surface area contributed by atoms with E-state index in [-0.39, 0.29) is 11.9 Å². The van der Waals surface area contributed by atoms with E-state index in [0.29, 0.717) is 24.7 Å². The van der Waals surface area contributed by atoms with Crippen LogP contribution in [0.2, 0.25) is 0 Å². The highest BCUT2D eigenvalue weighted by Gasteiger charge is 2.30. The first kappa shape index (κ1) is 13.0. The Morgan fingerprint density at radius 2 is 2.39 bits per heavy atom. The summed E-state index contributed by atoms with van der Waals surface area (Å²) in [7, 11) is 0. The molecule has 6 heteroatoms. The highest BCUT2D eigenvalue weighted by molar-refractivity contribution is 5.83. The molecule has 0 aromatic carbocycles. The summed E-state index contributed by atoms with van der Waals surface area (Å²) in [5, 5.41) is 7.10. The number of carbonyl (C=O) groups excluding carboxylic acids is 1. The molecule has 1 amide bonds. The van der Waals surface area contributed by atoms with E-state index >= 15 is 0 Å². The average Bonchev–Trinajstić information content (AvgIpc) is 2.92. The minimum absolute atomic E-state index is 0.00282. The Balaban J connectivity index is 1.79. The van der Waals surface area contributed by atoms with Crippen molar-refractivity contribution >= 4 is 5.91 Å². The van der Waals surface area contributed by atoms with Gasteiger partial charge in [0.2, 0.25) is 11.8 Å². The smallest absolute Gasteiger partial charge is 0.239 e. The summed E-state index contributed by atoms with van der Waals surface area (Å²) in [4.78, 5) is 18.0. The van der Waals surface area contributed by atoms with E-state index in [1.54, 1.807) is 6.92 Å². The lowest BCUT2D eigenvalue weighted by molar-refractivity contribution is -0.129. The summed E-state index contributed by atoms with van der Waals surface area (Å²) >= 11 is 0. The van der Waals surface area contributed by atoms with Gasteiger partial charge in [-0.2, -0.15) is 4.98 Å². The Morgan fingerprint density at radius 3 is 3.06 bits per heavy atom. The van der Waals surface area contributed by atoms with Crippen molar-refractivity contribution in [2.75, 3.05) is 19.6 Å². The van der Waals surface area contributed by atoms with Crippen molar-refractivity contribution in [2.24, 2.45) is 0 Å². The van der Waals surface area contributed by atoms with E-state index in [9.17, 15) is 4.79 Å². The lowest BCUT2D eigenvalue weighted by Crippen LogP contribution is -2.39. The van der Waals surface area contributed by atoms with Gasteiger partial charge in [0.1, 0.15) is 0 Å². The molecule has 100 valence electrons. The summed E-state index contributed by atoms with van der Waals surface area (Å²) in [5.74, 6) is 1.44. The number of nitrogens with one attached hydrogen (secondary N) is 1. The number of hydrogen-bond donors (Lipinski definition) is 1. The molecular weight excluding hydrogens is 232 g/mol. The number of carbonyl (C=O) groups is 1. The van der Waals surface area contributed by atoms with Crippen LogP contribution in [0.4, 0.5) is 0 Å². The predicted molar refractivity (Wildman–Crippen MR) is 66.0 cm³/mol. The van der Waals surface area contributed by atoms with Crippen molar-refractivity contribution in [3.8, 4) is 0 Å². The number of rotatable bonds is 6. The second-order valence-electron chi connectivity index (χ2n) is 4.60. The topological polar surface area (TPSA) is 71.3 Å². The van der Waals surface area contributed by atoms with E-state index in [1.807, 2.05) is 4.90 Å². The first-order chi connectivity index (χ1) is 8.70. The van der Waals surface area contributed by atoms with Crippen LogP contribution in [-0.2, 0) is 11.2 Å².